The molecule has 0 saturated heterocycles. The predicted octanol–water partition coefficient (Wildman–Crippen LogP) is 3.11. The van der Waals surface area contributed by atoms with Crippen LogP contribution in [0.3, 0.4) is 0 Å². The first-order valence-corrected chi connectivity index (χ1v) is 8.51. The second-order valence-corrected chi connectivity index (χ2v) is 6.04. The van der Waals surface area contributed by atoms with Crippen molar-refractivity contribution >= 4 is 11.8 Å². The van der Waals surface area contributed by atoms with Gasteiger partial charge in [0.2, 0.25) is 0 Å². The molecule has 2 rings (SSSR count). The van der Waals surface area contributed by atoms with Crippen molar-refractivity contribution in [3.05, 3.63) is 18.2 Å². The third kappa shape index (κ3) is 4.17. The van der Waals surface area contributed by atoms with Gasteiger partial charge in [0, 0.05) is 25.8 Å². The number of hydrogen-bond acceptors (Lipinski definition) is 6. The Hall–Kier alpha value is -1.73. The van der Waals surface area contributed by atoms with Crippen molar-refractivity contribution in [1.82, 2.24) is 14.8 Å². The molecule has 0 fully saturated rings. The molecule has 0 bridgehead atoms. The third-order valence-electron chi connectivity index (χ3n) is 3.36. The van der Waals surface area contributed by atoms with Crippen molar-refractivity contribution in [3.8, 4) is 22.9 Å². The third-order valence-corrected chi connectivity index (χ3v) is 4.21. The second-order valence-electron chi connectivity index (χ2n) is 4.81. The van der Waals surface area contributed by atoms with Crippen molar-refractivity contribution in [2.45, 2.75) is 25.0 Å². The Morgan fingerprint density at radius 2 is 1.87 bits per heavy atom. The van der Waals surface area contributed by atoms with Gasteiger partial charge in [0.1, 0.15) is 0 Å². The summed E-state index contributed by atoms with van der Waals surface area (Å²) in [4.78, 5) is 0. The lowest BCUT2D eigenvalue weighted by Gasteiger charge is -2.12. The van der Waals surface area contributed by atoms with Crippen LogP contribution in [0.25, 0.3) is 11.4 Å². The molecule has 0 radical (unpaired) electrons. The van der Waals surface area contributed by atoms with E-state index < -0.39 is 0 Å². The second kappa shape index (κ2) is 8.79. The van der Waals surface area contributed by atoms with Gasteiger partial charge in [-0.15, -0.1) is 10.2 Å². The molecule has 0 amide bonds. The fourth-order valence-electron chi connectivity index (χ4n) is 2.28. The largest absolute Gasteiger partial charge is 0.493 e. The molecule has 0 aliphatic rings. The van der Waals surface area contributed by atoms with Gasteiger partial charge < -0.3 is 18.8 Å². The fourth-order valence-corrected chi connectivity index (χ4v) is 2.97. The van der Waals surface area contributed by atoms with E-state index in [1.165, 1.54) is 0 Å². The zero-order chi connectivity index (χ0) is 16.7. The van der Waals surface area contributed by atoms with Crippen LogP contribution in [0.4, 0.5) is 0 Å². The number of thioether (sulfide) groups is 1. The minimum atomic E-state index is 0.682. The Bertz CT molecular complexity index is 631. The van der Waals surface area contributed by atoms with Crippen LogP contribution in [0.1, 0.15) is 13.3 Å². The smallest absolute Gasteiger partial charge is 0.191 e. The first kappa shape index (κ1) is 17.6. The van der Waals surface area contributed by atoms with Crippen LogP contribution in [-0.2, 0) is 11.3 Å². The Kier molecular flexibility index (Phi) is 6.73. The van der Waals surface area contributed by atoms with Crippen LogP contribution in [0.15, 0.2) is 23.4 Å². The Morgan fingerprint density at radius 1 is 1.09 bits per heavy atom. The molecule has 6 nitrogen and oxygen atoms in total. The van der Waals surface area contributed by atoms with Gasteiger partial charge in [0.15, 0.2) is 22.5 Å². The topological polar surface area (TPSA) is 58.4 Å². The van der Waals surface area contributed by atoms with Gasteiger partial charge in [-0.05, 0) is 30.4 Å². The van der Waals surface area contributed by atoms with E-state index in [-0.39, 0.29) is 0 Å². The molecule has 0 atom stereocenters. The lowest BCUT2D eigenvalue weighted by atomic mass is 10.2. The quantitative estimate of drug-likeness (QED) is 0.518. The van der Waals surface area contributed by atoms with Gasteiger partial charge in [-0.1, -0.05) is 18.7 Å². The summed E-state index contributed by atoms with van der Waals surface area (Å²) in [7, 11) is 4.97. The molecule has 1 heterocycles. The standard InChI is InChI=1S/C16H23N3O3S/c1-5-23-16-18-17-15(19(16)9-6-10-20-2)12-7-8-13(21-3)14(11-12)22-4/h7-8,11H,5-6,9-10H2,1-4H3. The van der Waals surface area contributed by atoms with Crippen LogP contribution >= 0.6 is 11.8 Å². The number of ether oxygens (including phenoxy) is 3. The van der Waals surface area contributed by atoms with E-state index in [1.807, 2.05) is 18.2 Å². The van der Waals surface area contributed by atoms with Crippen LogP contribution in [0.5, 0.6) is 11.5 Å². The van der Waals surface area contributed by atoms with Gasteiger partial charge in [-0.2, -0.15) is 0 Å². The monoisotopic (exact) mass is 337 g/mol. The normalized spacial score (nSPS) is 10.8. The van der Waals surface area contributed by atoms with Crippen LogP contribution in [0, 0.1) is 0 Å². The molecular formula is C16H23N3O3S. The maximum atomic E-state index is 5.38. The average molecular weight is 337 g/mol. The lowest BCUT2D eigenvalue weighted by Crippen LogP contribution is -2.05. The van der Waals surface area contributed by atoms with E-state index in [9.17, 15) is 0 Å². The minimum absolute atomic E-state index is 0.682. The van der Waals surface area contributed by atoms with Gasteiger partial charge in [-0.3, -0.25) is 0 Å². The van der Waals surface area contributed by atoms with Crippen LogP contribution in [-0.4, -0.2) is 48.5 Å². The summed E-state index contributed by atoms with van der Waals surface area (Å²) < 4.78 is 18.0. The molecule has 2 aromatic rings. The van der Waals surface area contributed by atoms with E-state index in [4.69, 9.17) is 14.2 Å². The van der Waals surface area contributed by atoms with E-state index in [0.29, 0.717) is 18.1 Å². The highest BCUT2D eigenvalue weighted by molar-refractivity contribution is 7.99. The molecular weight excluding hydrogens is 314 g/mol. The molecule has 0 aliphatic carbocycles. The van der Waals surface area contributed by atoms with Crippen molar-refractivity contribution in [2.75, 3.05) is 33.7 Å². The van der Waals surface area contributed by atoms with Gasteiger partial charge >= 0.3 is 0 Å². The minimum Gasteiger partial charge on any atom is -0.493 e. The number of benzene rings is 1. The molecule has 7 heteroatoms. The van der Waals surface area contributed by atoms with Crippen molar-refractivity contribution < 1.29 is 14.2 Å². The molecule has 0 spiro atoms. The summed E-state index contributed by atoms with van der Waals surface area (Å²) in [6.07, 6.45) is 0.909. The maximum Gasteiger partial charge on any atom is 0.191 e. The van der Waals surface area contributed by atoms with E-state index >= 15 is 0 Å². The van der Waals surface area contributed by atoms with Crippen LogP contribution in [0.2, 0.25) is 0 Å². The highest BCUT2D eigenvalue weighted by atomic mass is 32.2. The highest BCUT2D eigenvalue weighted by Gasteiger charge is 2.15. The first-order chi connectivity index (χ1) is 11.2. The van der Waals surface area contributed by atoms with Crippen molar-refractivity contribution in [2.24, 2.45) is 0 Å². The molecule has 0 saturated carbocycles. The summed E-state index contributed by atoms with van der Waals surface area (Å²) in [6, 6.07) is 5.78. The van der Waals surface area contributed by atoms with Crippen molar-refractivity contribution in [1.29, 1.82) is 0 Å². The molecule has 23 heavy (non-hydrogen) atoms. The summed E-state index contributed by atoms with van der Waals surface area (Å²) in [5, 5.41) is 9.62. The lowest BCUT2D eigenvalue weighted by molar-refractivity contribution is 0.189. The SMILES string of the molecule is CCSc1nnc(-c2ccc(OC)c(OC)c2)n1CCCOC. The molecule has 1 aromatic heterocycles. The summed E-state index contributed by atoms with van der Waals surface area (Å²) in [5.41, 5.74) is 0.954. The molecule has 0 N–H and O–H groups in total. The van der Waals surface area contributed by atoms with E-state index in [0.717, 1.165) is 35.3 Å². The molecule has 0 unspecified atom stereocenters. The zero-order valence-electron chi connectivity index (χ0n) is 14.0. The maximum absolute atomic E-state index is 5.38. The number of aromatic nitrogens is 3. The summed E-state index contributed by atoms with van der Waals surface area (Å²) >= 11 is 1.69. The number of methoxy groups -OCH3 is 3. The average Bonchev–Trinajstić information content (AvgIpc) is 2.97. The summed E-state index contributed by atoms with van der Waals surface area (Å²) in [6.45, 7) is 3.63. The van der Waals surface area contributed by atoms with Gasteiger partial charge in [0.05, 0.1) is 14.2 Å². The van der Waals surface area contributed by atoms with Gasteiger partial charge in [-0.25, -0.2) is 0 Å². The van der Waals surface area contributed by atoms with Crippen molar-refractivity contribution in [3.63, 3.8) is 0 Å². The Balaban J connectivity index is 2.37. The molecule has 126 valence electrons. The van der Waals surface area contributed by atoms with E-state index in [2.05, 4.69) is 21.7 Å². The van der Waals surface area contributed by atoms with Crippen LogP contribution < -0.4 is 9.47 Å². The van der Waals surface area contributed by atoms with E-state index in [1.54, 1.807) is 33.1 Å². The number of hydrogen-bond donors (Lipinski definition) is 0. The number of nitrogens with zero attached hydrogens (tertiary/aromatic N) is 3. The molecule has 1 aromatic carbocycles. The zero-order valence-corrected chi connectivity index (χ0v) is 14.9. The molecule has 0 aliphatic heterocycles. The number of rotatable bonds is 9. The predicted molar refractivity (Wildman–Crippen MR) is 91.5 cm³/mol. The summed E-state index contributed by atoms with van der Waals surface area (Å²) in [5.74, 6) is 3.16. The van der Waals surface area contributed by atoms with Gasteiger partial charge in [0.25, 0.3) is 0 Å². The Labute approximate surface area is 141 Å². The highest BCUT2D eigenvalue weighted by Crippen LogP contribution is 2.32. The Morgan fingerprint density at radius 3 is 2.52 bits per heavy atom. The fraction of sp³-hybridized carbons (Fsp3) is 0.500. The first-order valence-electron chi connectivity index (χ1n) is 7.52.